The molecule has 1 heterocycles. The van der Waals surface area contributed by atoms with Crippen LogP contribution in [0.4, 0.5) is 0 Å². The fraction of sp³-hybridized carbons (Fsp3) is 1.00. The molecule has 3 nitrogen and oxygen atoms in total. The highest BCUT2D eigenvalue weighted by Gasteiger charge is 2.33. The molecule has 3 heteroatoms. The van der Waals surface area contributed by atoms with Crippen molar-refractivity contribution in [1.29, 1.82) is 0 Å². The van der Waals surface area contributed by atoms with Gasteiger partial charge in [-0.15, -0.1) is 0 Å². The maximum atomic E-state index is 5.43. The highest BCUT2D eigenvalue weighted by molar-refractivity contribution is 4.84. The lowest BCUT2D eigenvalue weighted by Gasteiger charge is -2.41. The van der Waals surface area contributed by atoms with Crippen LogP contribution in [0.3, 0.4) is 0 Å². The molecule has 0 bridgehead atoms. The molecule has 2 N–H and O–H groups in total. The standard InChI is InChI=1S/C7H16N2O.C2H6/c1-7(3-4-10-7)5-9(2)6-8;1-2/h3-6,8H2,1-2H3;1-2H3. The summed E-state index contributed by atoms with van der Waals surface area (Å²) >= 11 is 0. The molecule has 1 rings (SSSR count). The molecule has 1 saturated heterocycles. The van der Waals surface area contributed by atoms with Gasteiger partial charge in [0, 0.05) is 19.6 Å². The molecule has 12 heavy (non-hydrogen) atoms. The molecule has 0 radical (unpaired) electrons. The van der Waals surface area contributed by atoms with E-state index in [1.807, 2.05) is 20.9 Å². The van der Waals surface area contributed by atoms with Crippen LogP contribution in [0.5, 0.6) is 0 Å². The summed E-state index contributed by atoms with van der Waals surface area (Å²) in [6.07, 6.45) is 1.16. The highest BCUT2D eigenvalue weighted by atomic mass is 16.5. The second kappa shape index (κ2) is 5.51. The average molecular weight is 174 g/mol. The van der Waals surface area contributed by atoms with E-state index in [0.29, 0.717) is 6.67 Å². The van der Waals surface area contributed by atoms with E-state index < -0.39 is 0 Å². The number of ether oxygens (including phenoxy) is 1. The van der Waals surface area contributed by atoms with Crippen LogP contribution in [-0.4, -0.2) is 37.4 Å². The molecule has 1 unspecified atom stereocenters. The van der Waals surface area contributed by atoms with E-state index in [1.165, 1.54) is 0 Å². The Kier molecular flexibility index (Phi) is 5.46. The molecular formula is C9H22N2O. The van der Waals surface area contributed by atoms with E-state index >= 15 is 0 Å². The Balaban J connectivity index is 0.000000561. The van der Waals surface area contributed by atoms with Crippen molar-refractivity contribution >= 4 is 0 Å². The Morgan fingerprint density at radius 2 is 2.00 bits per heavy atom. The number of likely N-dealkylation sites (N-methyl/N-ethyl adjacent to an activating group) is 1. The average Bonchev–Trinajstić information content (AvgIpc) is 2.05. The third-order valence-electron chi connectivity index (χ3n) is 2.00. The van der Waals surface area contributed by atoms with Crippen LogP contribution in [-0.2, 0) is 4.74 Å². The number of nitrogens with zero attached hydrogens (tertiary/aromatic N) is 1. The van der Waals surface area contributed by atoms with Gasteiger partial charge in [0.1, 0.15) is 0 Å². The third kappa shape index (κ3) is 3.52. The van der Waals surface area contributed by atoms with Crippen molar-refractivity contribution in [1.82, 2.24) is 4.90 Å². The maximum Gasteiger partial charge on any atom is 0.0803 e. The van der Waals surface area contributed by atoms with Crippen LogP contribution in [0.2, 0.25) is 0 Å². The minimum Gasteiger partial charge on any atom is -0.374 e. The summed E-state index contributed by atoms with van der Waals surface area (Å²) in [6, 6.07) is 0. The minimum atomic E-state index is 0.0914. The van der Waals surface area contributed by atoms with Crippen LogP contribution >= 0.6 is 0 Å². The first-order valence-electron chi connectivity index (χ1n) is 4.69. The molecule has 0 spiro atoms. The molecular weight excluding hydrogens is 152 g/mol. The smallest absolute Gasteiger partial charge is 0.0803 e. The van der Waals surface area contributed by atoms with Crippen LogP contribution in [0.15, 0.2) is 0 Å². The van der Waals surface area contributed by atoms with E-state index in [9.17, 15) is 0 Å². The molecule has 1 aliphatic heterocycles. The van der Waals surface area contributed by atoms with Gasteiger partial charge in [-0.2, -0.15) is 0 Å². The van der Waals surface area contributed by atoms with E-state index in [-0.39, 0.29) is 5.60 Å². The lowest BCUT2D eigenvalue weighted by Crippen LogP contribution is -2.50. The van der Waals surface area contributed by atoms with Crippen molar-refractivity contribution in [3.05, 3.63) is 0 Å². The van der Waals surface area contributed by atoms with Gasteiger partial charge in [0.2, 0.25) is 0 Å². The van der Waals surface area contributed by atoms with Crippen molar-refractivity contribution < 1.29 is 4.74 Å². The first kappa shape index (κ1) is 11.9. The lowest BCUT2D eigenvalue weighted by molar-refractivity contribution is -0.144. The normalized spacial score (nSPS) is 27.5. The van der Waals surface area contributed by atoms with Gasteiger partial charge in [0.05, 0.1) is 12.2 Å². The summed E-state index contributed by atoms with van der Waals surface area (Å²) in [5.41, 5.74) is 5.52. The zero-order valence-electron chi connectivity index (χ0n) is 8.76. The molecule has 1 atom stereocenters. The van der Waals surface area contributed by atoms with Gasteiger partial charge in [-0.25, -0.2) is 0 Å². The summed E-state index contributed by atoms with van der Waals surface area (Å²) < 4.78 is 5.39. The summed E-state index contributed by atoms with van der Waals surface area (Å²) in [4.78, 5) is 2.07. The van der Waals surface area contributed by atoms with Crippen LogP contribution in [0, 0.1) is 0 Å². The number of rotatable bonds is 3. The molecule has 0 saturated carbocycles. The summed E-state index contributed by atoms with van der Waals surface area (Å²) in [5, 5.41) is 0. The Morgan fingerprint density at radius 1 is 1.50 bits per heavy atom. The fourth-order valence-corrected chi connectivity index (χ4v) is 1.21. The third-order valence-corrected chi connectivity index (χ3v) is 2.00. The second-order valence-electron chi connectivity index (χ2n) is 3.25. The molecule has 0 aromatic rings. The van der Waals surface area contributed by atoms with E-state index in [0.717, 1.165) is 19.6 Å². The first-order valence-corrected chi connectivity index (χ1v) is 4.69. The topological polar surface area (TPSA) is 38.5 Å². The van der Waals surface area contributed by atoms with E-state index in [1.54, 1.807) is 0 Å². The van der Waals surface area contributed by atoms with Crippen molar-refractivity contribution in [2.45, 2.75) is 32.8 Å². The molecule has 1 fully saturated rings. The summed E-state index contributed by atoms with van der Waals surface area (Å²) in [6.45, 7) is 8.60. The Morgan fingerprint density at radius 3 is 2.25 bits per heavy atom. The number of nitrogens with two attached hydrogens (primary N) is 1. The second-order valence-corrected chi connectivity index (χ2v) is 3.25. The van der Waals surface area contributed by atoms with Gasteiger partial charge < -0.3 is 10.5 Å². The van der Waals surface area contributed by atoms with Crippen LogP contribution < -0.4 is 5.73 Å². The lowest BCUT2D eigenvalue weighted by atomic mass is 9.97. The van der Waals surface area contributed by atoms with E-state index in [2.05, 4.69) is 11.8 Å². The Labute approximate surface area is 75.9 Å². The largest absolute Gasteiger partial charge is 0.374 e. The predicted octanol–water partition coefficient (Wildman–Crippen LogP) is 1.04. The van der Waals surface area contributed by atoms with Gasteiger partial charge in [-0.05, 0) is 14.0 Å². The first-order chi connectivity index (χ1) is 5.66. The Hall–Kier alpha value is -0.120. The highest BCUT2D eigenvalue weighted by Crippen LogP contribution is 2.25. The molecule has 1 aliphatic rings. The fourth-order valence-electron chi connectivity index (χ4n) is 1.21. The molecule has 0 aromatic heterocycles. The van der Waals surface area contributed by atoms with Gasteiger partial charge in [-0.3, -0.25) is 4.90 Å². The van der Waals surface area contributed by atoms with Crippen molar-refractivity contribution in [2.75, 3.05) is 26.9 Å². The van der Waals surface area contributed by atoms with Crippen LogP contribution in [0.1, 0.15) is 27.2 Å². The SMILES string of the molecule is CC.CN(CN)CC1(C)CCO1. The van der Waals surface area contributed by atoms with Crippen LogP contribution in [0.25, 0.3) is 0 Å². The zero-order chi connectivity index (χ0) is 9.61. The number of hydrogen-bond donors (Lipinski definition) is 1. The van der Waals surface area contributed by atoms with Crippen molar-refractivity contribution in [3.8, 4) is 0 Å². The molecule has 0 amide bonds. The van der Waals surface area contributed by atoms with Crippen molar-refractivity contribution in [3.63, 3.8) is 0 Å². The monoisotopic (exact) mass is 174 g/mol. The van der Waals surface area contributed by atoms with Gasteiger partial charge in [0.25, 0.3) is 0 Å². The van der Waals surface area contributed by atoms with Gasteiger partial charge in [0.15, 0.2) is 0 Å². The summed E-state index contributed by atoms with van der Waals surface area (Å²) in [7, 11) is 2.01. The zero-order valence-corrected chi connectivity index (χ0v) is 8.76. The maximum absolute atomic E-state index is 5.43. The molecule has 0 aromatic carbocycles. The Bertz CT molecular complexity index is 113. The summed E-state index contributed by atoms with van der Waals surface area (Å²) in [5.74, 6) is 0. The number of hydrogen-bond acceptors (Lipinski definition) is 3. The van der Waals surface area contributed by atoms with E-state index in [4.69, 9.17) is 10.5 Å². The van der Waals surface area contributed by atoms with Gasteiger partial charge in [-0.1, -0.05) is 13.8 Å². The van der Waals surface area contributed by atoms with Gasteiger partial charge >= 0.3 is 0 Å². The quantitative estimate of drug-likeness (QED) is 0.650. The predicted molar refractivity (Wildman–Crippen MR) is 52.0 cm³/mol. The minimum absolute atomic E-state index is 0.0914. The van der Waals surface area contributed by atoms with Crippen molar-refractivity contribution in [2.24, 2.45) is 5.73 Å². The molecule has 74 valence electrons. The molecule has 0 aliphatic carbocycles.